The van der Waals surface area contributed by atoms with Gasteiger partial charge in [0, 0.05) is 16.1 Å². The van der Waals surface area contributed by atoms with Crippen molar-refractivity contribution in [2.24, 2.45) is 11.1 Å². The SMILES string of the molecule is COC(=O)C(C)(C)CC(N)c1cc(Cl)c(Br)cc1F. The molecule has 0 saturated carbocycles. The van der Waals surface area contributed by atoms with E-state index in [0.717, 1.165) is 0 Å². The van der Waals surface area contributed by atoms with Crippen LogP contribution in [0.4, 0.5) is 4.39 Å². The minimum Gasteiger partial charge on any atom is -0.469 e. The molecule has 1 rings (SSSR count). The van der Waals surface area contributed by atoms with Crippen LogP contribution in [0.2, 0.25) is 5.02 Å². The lowest BCUT2D eigenvalue weighted by atomic mass is 9.84. The summed E-state index contributed by atoms with van der Waals surface area (Å²) in [6, 6.07) is 2.10. The van der Waals surface area contributed by atoms with Crippen molar-refractivity contribution in [2.75, 3.05) is 7.11 Å². The molecule has 1 unspecified atom stereocenters. The maximum Gasteiger partial charge on any atom is 0.311 e. The summed E-state index contributed by atoms with van der Waals surface area (Å²) in [5.41, 5.74) is 5.46. The molecule has 19 heavy (non-hydrogen) atoms. The molecule has 1 aromatic carbocycles. The smallest absolute Gasteiger partial charge is 0.311 e. The largest absolute Gasteiger partial charge is 0.469 e. The van der Waals surface area contributed by atoms with E-state index in [1.165, 1.54) is 19.2 Å². The fraction of sp³-hybridized carbons (Fsp3) is 0.462. The van der Waals surface area contributed by atoms with Gasteiger partial charge < -0.3 is 10.5 Å². The molecule has 0 heterocycles. The van der Waals surface area contributed by atoms with Gasteiger partial charge in [0.15, 0.2) is 0 Å². The van der Waals surface area contributed by atoms with E-state index in [1.54, 1.807) is 13.8 Å². The Hall–Kier alpha value is -0.650. The number of benzene rings is 1. The molecule has 0 aliphatic carbocycles. The topological polar surface area (TPSA) is 52.3 Å². The van der Waals surface area contributed by atoms with Gasteiger partial charge >= 0.3 is 5.97 Å². The molecule has 3 nitrogen and oxygen atoms in total. The predicted octanol–water partition coefficient (Wildman–Crippen LogP) is 3.83. The molecule has 0 bridgehead atoms. The lowest BCUT2D eigenvalue weighted by molar-refractivity contribution is -0.151. The van der Waals surface area contributed by atoms with E-state index in [4.69, 9.17) is 22.1 Å². The summed E-state index contributed by atoms with van der Waals surface area (Å²) in [6.07, 6.45) is 0.258. The van der Waals surface area contributed by atoms with E-state index in [-0.39, 0.29) is 18.0 Å². The number of rotatable bonds is 4. The molecule has 0 aromatic heterocycles. The molecule has 0 saturated heterocycles. The van der Waals surface area contributed by atoms with Crippen molar-refractivity contribution in [1.29, 1.82) is 0 Å². The number of halogens is 3. The van der Waals surface area contributed by atoms with Gasteiger partial charge in [-0.25, -0.2) is 4.39 Å². The van der Waals surface area contributed by atoms with Crippen LogP contribution in [0.25, 0.3) is 0 Å². The van der Waals surface area contributed by atoms with Gasteiger partial charge in [0.05, 0.1) is 17.5 Å². The maximum atomic E-state index is 13.9. The van der Waals surface area contributed by atoms with Crippen LogP contribution in [0.3, 0.4) is 0 Å². The summed E-state index contributed by atoms with van der Waals surface area (Å²) >= 11 is 9.07. The van der Waals surface area contributed by atoms with E-state index in [1.807, 2.05) is 0 Å². The number of carbonyl (C=O) groups is 1. The highest BCUT2D eigenvalue weighted by molar-refractivity contribution is 9.10. The van der Waals surface area contributed by atoms with Crippen molar-refractivity contribution in [1.82, 2.24) is 0 Å². The van der Waals surface area contributed by atoms with Gasteiger partial charge in [0.2, 0.25) is 0 Å². The van der Waals surface area contributed by atoms with Gasteiger partial charge in [0.1, 0.15) is 5.82 Å². The lowest BCUT2D eigenvalue weighted by Gasteiger charge is -2.25. The standard InChI is InChI=1S/C13H16BrClFNO2/c1-13(2,12(18)19-3)6-11(17)7-4-9(15)8(14)5-10(7)16/h4-5,11H,6,17H2,1-3H3. The number of carbonyl (C=O) groups excluding carboxylic acids is 1. The van der Waals surface area contributed by atoms with Gasteiger partial charge in [-0.3, -0.25) is 4.79 Å². The highest BCUT2D eigenvalue weighted by Gasteiger charge is 2.32. The second-order valence-corrected chi connectivity index (χ2v) is 6.24. The summed E-state index contributed by atoms with van der Waals surface area (Å²) in [4.78, 5) is 11.6. The van der Waals surface area contributed by atoms with Gasteiger partial charge in [-0.1, -0.05) is 11.6 Å². The fourth-order valence-electron chi connectivity index (χ4n) is 1.84. The second-order valence-electron chi connectivity index (χ2n) is 4.97. The number of hydrogen-bond donors (Lipinski definition) is 1. The van der Waals surface area contributed by atoms with Gasteiger partial charge in [-0.2, -0.15) is 0 Å². The quantitative estimate of drug-likeness (QED) is 0.662. The van der Waals surface area contributed by atoms with Crippen LogP contribution in [0.5, 0.6) is 0 Å². The molecule has 0 amide bonds. The number of methoxy groups -OCH3 is 1. The molecular formula is C13H16BrClFNO2. The molecule has 0 spiro atoms. The molecule has 1 atom stereocenters. The van der Waals surface area contributed by atoms with Gasteiger partial charge in [-0.15, -0.1) is 0 Å². The number of nitrogens with two attached hydrogens (primary N) is 1. The minimum absolute atomic E-state index is 0.258. The molecule has 6 heteroatoms. The average Bonchev–Trinajstić information content (AvgIpc) is 2.31. The van der Waals surface area contributed by atoms with Crippen LogP contribution >= 0.6 is 27.5 Å². The van der Waals surface area contributed by atoms with Crippen LogP contribution in [0, 0.1) is 11.2 Å². The Balaban J connectivity index is 2.99. The van der Waals surface area contributed by atoms with Crippen LogP contribution in [-0.4, -0.2) is 13.1 Å². The van der Waals surface area contributed by atoms with E-state index in [9.17, 15) is 9.18 Å². The minimum atomic E-state index is -0.792. The van der Waals surface area contributed by atoms with Gasteiger partial charge in [-0.05, 0) is 48.3 Å². The Labute approximate surface area is 125 Å². The first-order chi connectivity index (χ1) is 8.69. The Morgan fingerprint density at radius 3 is 2.68 bits per heavy atom. The Morgan fingerprint density at radius 2 is 2.16 bits per heavy atom. The zero-order valence-electron chi connectivity index (χ0n) is 11.0. The molecule has 2 N–H and O–H groups in total. The zero-order chi connectivity index (χ0) is 14.8. The van der Waals surface area contributed by atoms with E-state index >= 15 is 0 Å². The number of hydrogen-bond acceptors (Lipinski definition) is 3. The monoisotopic (exact) mass is 351 g/mol. The van der Waals surface area contributed by atoms with Crippen molar-refractivity contribution >= 4 is 33.5 Å². The Morgan fingerprint density at radius 1 is 1.58 bits per heavy atom. The number of esters is 1. The van der Waals surface area contributed by atoms with E-state index in [2.05, 4.69) is 15.9 Å². The first kappa shape index (κ1) is 16.4. The average molecular weight is 353 g/mol. The molecule has 0 aliphatic rings. The van der Waals surface area contributed by atoms with E-state index in [0.29, 0.717) is 9.50 Å². The molecule has 106 valence electrons. The summed E-state index contributed by atoms with van der Waals surface area (Å²) < 4.78 is 19.0. The number of ether oxygens (including phenoxy) is 1. The van der Waals surface area contributed by atoms with Crippen LogP contribution in [-0.2, 0) is 9.53 Å². The predicted molar refractivity (Wildman–Crippen MR) is 76.5 cm³/mol. The van der Waals surface area contributed by atoms with E-state index < -0.39 is 17.3 Å². The first-order valence-corrected chi connectivity index (χ1v) is 6.84. The fourth-order valence-corrected chi connectivity index (χ4v) is 2.33. The molecular weight excluding hydrogens is 337 g/mol. The first-order valence-electron chi connectivity index (χ1n) is 5.67. The van der Waals surface area contributed by atoms with Crippen LogP contribution in [0.1, 0.15) is 31.9 Å². The highest BCUT2D eigenvalue weighted by Crippen LogP contribution is 2.34. The zero-order valence-corrected chi connectivity index (χ0v) is 13.3. The van der Waals surface area contributed by atoms with Crippen molar-refractivity contribution in [3.05, 3.63) is 33.0 Å². The Kier molecular flexibility index (Phi) is 5.35. The summed E-state index contributed by atoms with van der Waals surface area (Å²) in [5, 5.41) is 0.378. The Bertz CT molecular complexity index is 494. The molecule has 0 fully saturated rings. The third-order valence-corrected chi connectivity index (χ3v) is 4.10. The lowest BCUT2D eigenvalue weighted by Crippen LogP contribution is -2.30. The van der Waals surface area contributed by atoms with Crippen molar-refractivity contribution in [3.63, 3.8) is 0 Å². The molecule has 0 radical (unpaired) electrons. The molecule has 1 aromatic rings. The third kappa shape index (κ3) is 3.91. The molecule has 0 aliphatic heterocycles. The van der Waals surface area contributed by atoms with Crippen LogP contribution < -0.4 is 5.73 Å². The highest BCUT2D eigenvalue weighted by atomic mass is 79.9. The van der Waals surface area contributed by atoms with Crippen LogP contribution in [0.15, 0.2) is 16.6 Å². The van der Waals surface area contributed by atoms with Crippen molar-refractivity contribution in [2.45, 2.75) is 26.3 Å². The maximum absolute atomic E-state index is 13.9. The summed E-state index contributed by atoms with van der Waals surface area (Å²) in [6.45, 7) is 3.41. The third-order valence-electron chi connectivity index (χ3n) is 2.91. The van der Waals surface area contributed by atoms with Crippen molar-refractivity contribution in [3.8, 4) is 0 Å². The summed E-state index contributed by atoms with van der Waals surface area (Å²) in [7, 11) is 1.31. The normalized spacial score (nSPS) is 13.2. The van der Waals surface area contributed by atoms with Gasteiger partial charge in [0.25, 0.3) is 0 Å². The summed E-state index contributed by atoms with van der Waals surface area (Å²) in [5.74, 6) is -0.837. The second kappa shape index (κ2) is 6.20. The van der Waals surface area contributed by atoms with Crippen molar-refractivity contribution < 1.29 is 13.9 Å².